The average Bonchev–Trinajstić information content (AvgIpc) is 3.32. The van der Waals surface area contributed by atoms with E-state index >= 15 is 0 Å². The van der Waals surface area contributed by atoms with Gasteiger partial charge in [0.05, 0.1) is 44.3 Å². The maximum absolute atomic E-state index is 13.0. The number of nitrogens with zero attached hydrogens (tertiary/aromatic N) is 3. The van der Waals surface area contributed by atoms with Crippen LogP contribution in [0, 0.1) is 0 Å². The van der Waals surface area contributed by atoms with Gasteiger partial charge in [0.2, 0.25) is 0 Å². The summed E-state index contributed by atoms with van der Waals surface area (Å²) in [6, 6.07) is 0. The first-order valence-electron chi connectivity index (χ1n) is 8.30. The second kappa shape index (κ2) is 7.16. The summed E-state index contributed by atoms with van der Waals surface area (Å²) >= 11 is 0. The predicted molar refractivity (Wildman–Crippen MR) is 90.0 cm³/mol. The number of hydrogen-bond donors (Lipinski definition) is 3. The molecule has 2 aromatic rings. The number of H-pyrrole nitrogens is 2. The highest BCUT2D eigenvalue weighted by Gasteiger charge is 2.57. The quantitative estimate of drug-likeness (QED) is 0.650. The van der Waals surface area contributed by atoms with Crippen molar-refractivity contribution >= 4 is 12.1 Å². The molecule has 0 bridgehead atoms. The van der Waals surface area contributed by atoms with Gasteiger partial charge in [-0.25, -0.2) is 19.6 Å². The second-order valence-electron chi connectivity index (χ2n) is 6.00. The van der Waals surface area contributed by atoms with Crippen LogP contribution in [0.3, 0.4) is 0 Å². The maximum Gasteiger partial charge on any atom is 0.411 e. The van der Waals surface area contributed by atoms with Crippen LogP contribution < -0.4 is 5.73 Å². The van der Waals surface area contributed by atoms with Crippen LogP contribution in [0.5, 0.6) is 0 Å². The van der Waals surface area contributed by atoms with Crippen molar-refractivity contribution < 1.29 is 19.1 Å². The summed E-state index contributed by atoms with van der Waals surface area (Å²) in [6.07, 6.45) is 4.16. The van der Waals surface area contributed by atoms with Gasteiger partial charge in [0.15, 0.2) is 5.54 Å². The van der Waals surface area contributed by atoms with E-state index in [1.807, 2.05) is 0 Å². The molecule has 1 unspecified atom stereocenters. The van der Waals surface area contributed by atoms with E-state index in [-0.39, 0.29) is 26.1 Å². The average molecular weight is 362 g/mol. The molecule has 1 aliphatic rings. The number of carbonyl (C=O) groups is 2. The predicted octanol–water partition coefficient (Wildman–Crippen LogP) is 0.302. The number of aromatic nitrogens is 4. The van der Waals surface area contributed by atoms with Crippen LogP contribution in [0.15, 0.2) is 18.9 Å². The number of fused-ring (bicyclic) bond motifs is 1. The maximum atomic E-state index is 13.0. The number of nitrogens with one attached hydrogen (secondary N) is 2. The fourth-order valence-corrected chi connectivity index (χ4v) is 3.57. The van der Waals surface area contributed by atoms with Crippen LogP contribution in [-0.4, -0.2) is 62.7 Å². The molecule has 10 nitrogen and oxygen atoms in total. The summed E-state index contributed by atoms with van der Waals surface area (Å²) in [4.78, 5) is 41.5. The lowest BCUT2D eigenvalue weighted by molar-refractivity contribution is -0.157. The van der Waals surface area contributed by atoms with Crippen molar-refractivity contribution in [3.05, 3.63) is 35.9 Å². The van der Waals surface area contributed by atoms with Crippen LogP contribution in [0.1, 0.15) is 29.9 Å². The Morgan fingerprint density at radius 3 is 2.85 bits per heavy atom. The van der Waals surface area contributed by atoms with Crippen molar-refractivity contribution in [2.75, 3.05) is 20.3 Å². The number of aromatic amines is 2. The molecule has 4 N–H and O–H groups in total. The van der Waals surface area contributed by atoms with Crippen LogP contribution >= 0.6 is 0 Å². The van der Waals surface area contributed by atoms with E-state index in [1.54, 1.807) is 13.1 Å². The number of nitrogens with two attached hydrogens (primary N) is 1. The molecular weight excluding hydrogens is 340 g/mol. The summed E-state index contributed by atoms with van der Waals surface area (Å²) < 4.78 is 10.3. The molecule has 140 valence electrons. The fourth-order valence-electron chi connectivity index (χ4n) is 3.57. The third kappa shape index (κ3) is 2.71. The second-order valence-corrected chi connectivity index (χ2v) is 6.00. The monoisotopic (exact) mass is 362 g/mol. The van der Waals surface area contributed by atoms with Gasteiger partial charge >= 0.3 is 12.1 Å². The fraction of sp³-hybridized carbons (Fsp3) is 0.500. The van der Waals surface area contributed by atoms with Gasteiger partial charge < -0.3 is 25.2 Å². The van der Waals surface area contributed by atoms with Gasteiger partial charge in [-0.1, -0.05) is 0 Å². The van der Waals surface area contributed by atoms with Crippen molar-refractivity contribution in [3.63, 3.8) is 0 Å². The number of methoxy groups -OCH3 is 1. The Bertz CT molecular complexity index is 774. The van der Waals surface area contributed by atoms with Crippen molar-refractivity contribution in [1.82, 2.24) is 24.8 Å². The van der Waals surface area contributed by atoms with E-state index in [0.29, 0.717) is 11.4 Å². The third-order valence-electron chi connectivity index (χ3n) is 4.78. The molecule has 3 rings (SSSR count). The standard InChI is InChI=1S/C16H22N6O4/c1-3-26-15(24)22-7-13-11(20-9-21-13)4-16(22,14(23)25-2)10(5-17)12-6-18-8-19-12/h6,8-10H,3-5,7,17H2,1-2H3,(H,18,19)(H,20,21)/t10?,16-/m1/s1. The van der Waals surface area contributed by atoms with Crippen molar-refractivity contribution in [3.8, 4) is 0 Å². The Morgan fingerprint density at radius 2 is 2.23 bits per heavy atom. The Kier molecular flexibility index (Phi) is 4.94. The minimum absolute atomic E-state index is 0.0902. The van der Waals surface area contributed by atoms with E-state index < -0.39 is 23.5 Å². The number of esters is 1. The molecule has 0 saturated heterocycles. The molecule has 2 aromatic heterocycles. The van der Waals surface area contributed by atoms with E-state index in [2.05, 4.69) is 19.9 Å². The van der Waals surface area contributed by atoms with Crippen LogP contribution in [0.2, 0.25) is 0 Å². The first-order chi connectivity index (χ1) is 12.6. The highest BCUT2D eigenvalue weighted by Crippen LogP contribution is 2.41. The molecule has 1 aliphatic heterocycles. The van der Waals surface area contributed by atoms with Crippen LogP contribution in [0.25, 0.3) is 0 Å². The van der Waals surface area contributed by atoms with Crippen molar-refractivity contribution in [2.45, 2.75) is 31.3 Å². The largest absolute Gasteiger partial charge is 0.467 e. The zero-order valence-electron chi connectivity index (χ0n) is 14.7. The normalized spacial score (nSPS) is 20.3. The lowest BCUT2D eigenvalue weighted by Crippen LogP contribution is -2.65. The number of amides is 1. The molecule has 2 atom stereocenters. The molecule has 1 amide bonds. The molecule has 10 heteroatoms. The summed E-state index contributed by atoms with van der Waals surface area (Å²) in [5, 5.41) is 0. The van der Waals surface area contributed by atoms with E-state index in [4.69, 9.17) is 15.2 Å². The molecule has 0 radical (unpaired) electrons. The lowest BCUT2D eigenvalue weighted by Gasteiger charge is -2.47. The van der Waals surface area contributed by atoms with Gasteiger partial charge in [-0.3, -0.25) is 4.90 Å². The zero-order valence-corrected chi connectivity index (χ0v) is 14.7. The first-order valence-corrected chi connectivity index (χ1v) is 8.30. The molecular formula is C16H22N6O4. The smallest absolute Gasteiger partial charge is 0.411 e. The molecule has 26 heavy (non-hydrogen) atoms. The Hall–Kier alpha value is -2.88. The van der Waals surface area contributed by atoms with Crippen LogP contribution in [-0.2, 0) is 27.2 Å². The Labute approximate surface area is 150 Å². The van der Waals surface area contributed by atoms with Crippen molar-refractivity contribution in [2.24, 2.45) is 5.73 Å². The zero-order chi connectivity index (χ0) is 18.7. The number of carbonyl (C=O) groups excluding carboxylic acids is 2. The van der Waals surface area contributed by atoms with Gasteiger partial charge in [-0.05, 0) is 6.92 Å². The van der Waals surface area contributed by atoms with Gasteiger partial charge in [-0.15, -0.1) is 0 Å². The molecule has 0 fully saturated rings. The molecule has 0 spiro atoms. The summed E-state index contributed by atoms with van der Waals surface area (Å²) in [7, 11) is 1.29. The Balaban J connectivity index is 2.18. The van der Waals surface area contributed by atoms with Gasteiger partial charge in [0, 0.05) is 30.8 Å². The van der Waals surface area contributed by atoms with Gasteiger partial charge in [0.25, 0.3) is 0 Å². The summed E-state index contributed by atoms with van der Waals surface area (Å²) in [6.45, 7) is 2.11. The van der Waals surface area contributed by atoms with E-state index in [9.17, 15) is 9.59 Å². The highest BCUT2D eigenvalue weighted by atomic mass is 16.6. The first kappa shape index (κ1) is 17.9. The minimum Gasteiger partial charge on any atom is -0.467 e. The third-order valence-corrected chi connectivity index (χ3v) is 4.78. The molecule has 0 aliphatic carbocycles. The molecule has 0 aromatic carbocycles. The van der Waals surface area contributed by atoms with Crippen LogP contribution in [0.4, 0.5) is 4.79 Å². The van der Waals surface area contributed by atoms with E-state index in [1.165, 1.54) is 24.7 Å². The van der Waals surface area contributed by atoms with Gasteiger partial charge in [-0.2, -0.15) is 0 Å². The number of imidazole rings is 2. The highest BCUT2D eigenvalue weighted by molar-refractivity contribution is 5.88. The minimum atomic E-state index is -1.40. The molecule has 0 saturated carbocycles. The summed E-state index contributed by atoms with van der Waals surface area (Å²) in [5.74, 6) is -1.16. The van der Waals surface area contributed by atoms with Crippen molar-refractivity contribution in [1.29, 1.82) is 0 Å². The topological polar surface area (TPSA) is 139 Å². The van der Waals surface area contributed by atoms with Gasteiger partial charge in [0.1, 0.15) is 0 Å². The lowest BCUT2D eigenvalue weighted by atomic mass is 9.74. The molecule has 3 heterocycles. The Morgan fingerprint density at radius 1 is 1.42 bits per heavy atom. The number of rotatable bonds is 5. The van der Waals surface area contributed by atoms with E-state index in [0.717, 1.165) is 5.69 Å². The SMILES string of the molecule is CCOC(=O)N1Cc2[nH]cnc2C[C@]1(C(=O)OC)C(CN)c1cnc[nH]1. The number of hydrogen-bond acceptors (Lipinski definition) is 7. The number of ether oxygens (including phenoxy) is 2. The summed E-state index contributed by atoms with van der Waals surface area (Å²) in [5.41, 5.74) is 6.71.